The number of nitrogens with zero attached hydrogens (tertiary/aromatic N) is 1. The number of carbonyl (C=O) groups is 3. The average molecular weight is 431 g/mol. The van der Waals surface area contributed by atoms with Crippen LogP contribution < -0.4 is 16.0 Å². The van der Waals surface area contributed by atoms with E-state index in [1.54, 1.807) is 30.6 Å². The Labute approximate surface area is 181 Å². The molecule has 2 saturated heterocycles. The number of fused-ring (bicyclic) bond motifs is 2. The minimum absolute atomic E-state index is 0.00151. The molecule has 2 fully saturated rings. The fourth-order valence-electron chi connectivity index (χ4n) is 4.63. The van der Waals surface area contributed by atoms with Crippen LogP contribution in [0.2, 0.25) is 0 Å². The Morgan fingerprint density at radius 2 is 1.93 bits per heavy atom. The summed E-state index contributed by atoms with van der Waals surface area (Å²) in [6.07, 6.45) is 4.40. The number of hydrogen-bond donors (Lipinski definition) is 3. The summed E-state index contributed by atoms with van der Waals surface area (Å²) >= 11 is 1.67. The molecule has 1 unspecified atom stereocenters. The maximum Gasteiger partial charge on any atom is 0.246 e. The van der Waals surface area contributed by atoms with Crippen LogP contribution in [0.1, 0.15) is 49.8 Å². The maximum atomic E-state index is 13.2. The first-order chi connectivity index (χ1) is 14.5. The largest absolute Gasteiger partial charge is 0.347 e. The van der Waals surface area contributed by atoms with Crippen molar-refractivity contribution in [2.75, 3.05) is 12.8 Å². The fraction of sp³-hybridized carbons (Fsp3) is 0.591. The van der Waals surface area contributed by atoms with Crippen LogP contribution in [-0.4, -0.2) is 58.9 Å². The van der Waals surface area contributed by atoms with E-state index in [4.69, 9.17) is 0 Å². The maximum absolute atomic E-state index is 13.2. The molecule has 2 aliphatic heterocycles. The number of carbonyl (C=O) groups excluding carboxylic acids is 3. The molecule has 3 amide bonds. The van der Waals surface area contributed by atoms with Crippen LogP contribution in [0.4, 0.5) is 0 Å². The van der Waals surface area contributed by atoms with Crippen LogP contribution in [0.25, 0.3) is 0 Å². The number of rotatable bonds is 5. The van der Waals surface area contributed by atoms with Crippen molar-refractivity contribution in [2.45, 2.75) is 68.6 Å². The molecule has 5 atom stereocenters. The highest BCUT2D eigenvalue weighted by Gasteiger charge is 2.47. The summed E-state index contributed by atoms with van der Waals surface area (Å²) in [5, 5.41) is 8.97. The second-order valence-corrected chi connectivity index (χ2v) is 9.56. The summed E-state index contributed by atoms with van der Waals surface area (Å²) in [6.45, 7) is 1.76. The molecular weight excluding hydrogens is 400 g/mol. The van der Waals surface area contributed by atoms with Gasteiger partial charge in [0.2, 0.25) is 17.7 Å². The summed E-state index contributed by atoms with van der Waals surface area (Å²) < 4.78 is 0. The third-order valence-electron chi connectivity index (χ3n) is 6.48. The summed E-state index contributed by atoms with van der Waals surface area (Å²) in [5.74, 6) is 0.179. The molecule has 30 heavy (non-hydrogen) atoms. The van der Waals surface area contributed by atoms with Gasteiger partial charge in [-0.3, -0.25) is 14.4 Å². The number of nitrogens with one attached hydrogen (secondary N) is 3. The molecule has 162 valence electrons. The van der Waals surface area contributed by atoms with E-state index in [0.29, 0.717) is 12.2 Å². The quantitative estimate of drug-likeness (QED) is 0.656. The molecule has 1 aliphatic carbocycles. The second-order valence-electron chi connectivity index (χ2n) is 8.35. The van der Waals surface area contributed by atoms with Gasteiger partial charge in [-0.2, -0.15) is 0 Å². The molecule has 0 aromatic heterocycles. The van der Waals surface area contributed by atoms with E-state index < -0.39 is 12.1 Å². The second kappa shape index (κ2) is 8.98. The van der Waals surface area contributed by atoms with Gasteiger partial charge in [-0.05, 0) is 57.2 Å². The molecule has 0 radical (unpaired) electrons. The highest BCUT2D eigenvalue weighted by atomic mass is 32.2. The standard InChI is InChI=1S/C22H30N4O3S/c1-13(23-2)20(27)25-17-10-11-19-26(22(17)29)18(12-30-19)21(28)24-16-9-5-7-14-6-3-4-8-15(14)16/h3-4,6,8,13,16-19,23H,5,7,9-12H2,1-2H3,(H,24,28)(H,25,27)/t13-,16-,17+,18+,19?/m1/s1. The van der Waals surface area contributed by atoms with E-state index in [9.17, 15) is 14.4 Å². The zero-order valence-electron chi connectivity index (χ0n) is 17.5. The van der Waals surface area contributed by atoms with Crippen molar-refractivity contribution in [3.8, 4) is 0 Å². The van der Waals surface area contributed by atoms with Gasteiger partial charge < -0.3 is 20.9 Å². The molecule has 0 spiro atoms. The van der Waals surface area contributed by atoms with E-state index in [1.807, 2.05) is 12.1 Å². The van der Waals surface area contributed by atoms with Gasteiger partial charge in [-0.1, -0.05) is 24.3 Å². The normalized spacial score (nSPS) is 29.0. The Morgan fingerprint density at radius 1 is 1.13 bits per heavy atom. The minimum Gasteiger partial charge on any atom is -0.347 e. The number of aryl methyl sites for hydroxylation is 1. The molecule has 0 saturated carbocycles. The summed E-state index contributed by atoms with van der Waals surface area (Å²) in [5.41, 5.74) is 2.48. The van der Waals surface area contributed by atoms with Crippen molar-refractivity contribution >= 4 is 29.5 Å². The minimum atomic E-state index is -0.561. The molecule has 0 bridgehead atoms. The number of benzene rings is 1. The van der Waals surface area contributed by atoms with E-state index in [1.165, 1.54) is 11.1 Å². The predicted molar refractivity (Wildman–Crippen MR) is 117 cm³/mol. The van der Waals surface area contributed by atoms with Crippen molar-refractivity contribution in [1.29, 1.82) is 0 Å². The number of thioether (sulfide) groups is 1. The Morgan fingerprint density at radius 3 is 2.73 bits per heavy atom. The number of likely N-dealkylation sites (N-methyl/N-ethyl adjacent to an activating group) is 1. The first-order valence-electron chi connectivity index (χ1n) is 10.8. The van der Waals surface area contributed by atoms with Crippen molar-refractivity contribution in [3.63, 3.8) is 0 Å². The number of amides is 3. The average Bonchev–Trinajstić information content (AvgIpc) is 3.20. The molecule has 1 aromatic carbocycles. The molecular formula is C22H30N4O3S. The van der Waals surface area contributed by atoms with Gasteiger partial charge >= 0.3 is 0 Å². The zero-order chi connectivity index (χ0) is 21.3. The third kappa shape index (κ3) is 4.07. The lowest BCUT2D eigenvalue weighted by Gasteiger charge is -2.37. The molecule has 3 N–H and O–H groups in total. The summed E-state index contributed by atoms with van der Waals surface area (Å²) in [7, 11) is 1.71. The third-order valence-corrected chi connectivity index (χ3v) is 7.83. The highest BCUT2D eigenvalue weighted by molar-refractivity contribution is 8.00. The van der Waals surface area contributed by atoms with Crippen molar-refractivity contribution in [2.24, 2.45) is 0 Å². The van der Waals surface area contributed by atoms with Crippen molar-refractivity contribution in [3.05, 3.63) is 35.4 Å². The van der Waals surface area contributed by atoms with E-state index in [2.05, 4.69) is 28.1 Å². The fourth-order valence-corrected chi connectivity index (χ4v) is 6.06. The topological polar surface area (TPSA) is 90.5 Å². The van der Waals surface area contributed by atoms with Gasteiger partial charge in [-0.15, -0.1) is 11.8 Å². The van der Waals surface area contributed by atoms with Crippen molar-refractivity contribution in [1.82, 2.24) is 20.9 Å². The van der Waals surface area contributed by atoms with Gasteiger partial charge in [0.1, 0.15) is 12.1 Å². The number of hydrogen-bond acceptors (Lipinski definition) is 5. The van der Waals surface area contributed by atoms with Gasteiger partial charge in [0, 0.05) is 5.75 Å². The number of piperidine rings is 1. The SMILES string of the molecule is CN[C@H](C)C(=O)N[C@H]1CCC2SC[C@@H](C(=O)N[C@@H]3CCCc4ccccc43)N2C1=O. The Hall–Kier alpha value is -2.06. The first-order valence-corrected chi connectivity index (χ1v) is 11.8. The molecule has 4 rings (SSSR count). The molecule has 7 nitrogen and oxygen atoms in total. The Balaban J connectivity index is 1.44. The Kier molecular flexibility index (Phi) is 6.34. The highest BCUT2D eigenvalue weighted by Crippen LogP contribution is 2.37. The van der Waals surface area contributed by atoms with Crippen LogP contribution in [-0.2, 0) is 20.8 Å². The molecule has 2 heterocycles. The van der Waals surface area contributed by atoms with Gasteiger partial charge in [-0.25, -0.2) is 0 Å². The lowest BCUT2D eigenvalue weighted by molar-refractivity contribution is -0.145. The van der Waals surface area contributed by atoms with Crippen LogP contribution in [0.5, 0.6) is 0 Å². The molecule has 8 heteroatoms. The van der Waals surface area contributed by atoms with Gasteiger partial charge in [0.15, 0.2) is 0 Å². The summed E-state index contributed by atoms with van der Waals surface area (Å²) in [4.78, 5) is 40.3. The lowest BCUT2D eigenvalue weighted by atomic mass is 9.87. The van der Waals surface area contributed by atoms with Crippen LogP contribution in [0.3, 0.4) is 0 Å². The van der Waals surface area contributed by atoms with E-state index in [-0.39, 0.29) is 35.2 Å². The predicted octanol–water partition coefficient (Wildman–Crippen LogP) is 1.34. The smallest absolute Gasteiger partial charge is 0.246 e. The van der Waals surface area contributed by atoms with E-state index >= 15 is 0 Å². The monoisotopic (exact) mass is 430 g/mol. The van der Waals surface area contributed by atoms with Gasteiger partial charge in [0.05, 0.1) is 17.5 Å². The lowest BCUT2D eigenvalue weighted by Crippen LogP contribution is -2.60. The van der Waals surface area contributed by atoms with Crippen molar-refractivity contribution < 1.29 is 14.4 Å². The van der Waals surface area contributed by atoms with Gasteiger partial charge in [0.25, 0.3) is 0 Å². The van der Waals surface area contributed by atoms with Crippen LogP contribution >= 0.6 is 11.8 Å². The van der Waals surface area contributed by atoms with E-state index in [0.717, 1.165) is 25.7 Å². The summed E-state index contributed by atoms with van der Waals surface area (Å²) in [6, 6.07) is 6.86. The zero-order valence-corrected chi connectivity index (χ0v) is 18.3. The Bertz CT molecular complexity index is 832. The first kappa shape index (κ1) is 21.2. The molecule has 1 aromatic rings. The molecule has 3 aliphatic rings. The van der Waals surface area contributed by atoms with Crippen LogP contribution in [0, 0.1) is 0 Å². The van der Waals surface area contributed by atoms with Crippen LogP contribution in [0.15, 0.2) is 24.3 Å².